The van der Waals surface area contributed by atoms with E-state index in [0.717, 1.165) is 0 Å². The average molecular weight is 262 g/mol. The number of aryl methyl sites for hydroxylation is 1. The molecule has 100 valence electrons. The second kappa shape index (κ2) is 5.05. The van der Waals surface area contributed by atoms with Gasteiger partial charge in [0.1, 0.15) is 5.82 Å². The summed E-state index contributed by atoms with van der Waals surface area (Å²) in [6.45, 7) is 3.72. The van der Waals surface area contributed by atoms with Gasteiger partial charge in [0, 0.05) is 17.8 Å². The van der Waals surface area contributed by atoms with Crippen LogP contribution in [-0.4, -0.2) is 32.2 Å². The maximum atomic E-state index is 12.0. The molecule has 0 saturated carbocycles. The van der Waals surface area contributed by atoms with E-state index >= 15 is 0 Å². The van der Waals surface area contributed by atoms with Gasteiger partial charge in [0.25, 0.3) is 5.56 Å². The van der Waals surface area contributed by atoms with E-state index in [1.807, 2.05) is 0 Å². The van der Waals surface area contributed by atoms with Crippen LogP contribution >= 0.6 is 0 Å². The molecule has 0 aliphatic heterocycles. The van der Waals surface area contributed by atoms with Gasteiger partial charge in [0.15, 0.2) is 5.65 Å². The third-order valence-corrected chi connectivity index (χ3v) is 2.80. The molecule has 0 saturated heterocycles. The molecule has 0 radical (unpaired) electrons. The second-order valence-corrected chi connectivity index (χ2v) is 4.19. The molecule has 0 unspecified atom stereocenters. The molecule has 2 heterocycles. The number of carbonyl (C=O) groups is 1. The monoisotopic (exact) mass is 262 g/mol. The van der Waals surface area contributed by atoms with E-state index < -0.39 is 5.97 Å². The Morgan fingerprint density at radius 3 is 2.84 bits per heavy atom. The minimum Gasteiger partial charge on any atom is -0.481 e. The average Bonchev–Trinajstić information content (AvgIpc) is 2.36. The SMILES string of the molecule is Cc1nc2ccc(NCCC(=O)O)nn2c(=O)c1C. The van der Waals surface area contributed by atoms with E-state index in [4.69, 9.17) is 5.11 Å². The van der Waals surface area contributed by atoms with Gasteiger partial charge in [-0.3, -0.25) is 9.59 Å². The van der Waals surface area contributed by atoms with Crippen molar-refractivity contribution in [3.8, 4) is 0 Å². The molecule has 0 spiro atoms. The second-order valence-electron chi connectivity index (χ2n) is 4.19. The Bertz CT molecular complexity index is 693. The Kier molecular flexibility index (Phi) is 3.46. The molecule has 0 aromatic carbocycles. The molecule has 7 heteroatoms. The third-order valence-electron chi connectivity index (χ3n) is 2.80. The smallest absolute Gasteiger partial charge is 0.305 e. The van der Waals surface area contributed by atoms with Crippen molar-refractivity contribution in [2.45, 2.75) is 20.3 Å². The van der Waals surface area contributed by atoms with Gasteiger partial charge in [-0.2, -0.15) is 4.52 Å². The van der Waals surface area contributed by atoms with Crippen LogP contribution in [0.5, 0.6) is 0 Å². The largest absolute Gasteiger partial charge is 0.481 e. The number of hydrogen-bond donors (Lipinski definition) is 2. The number of carboxylic acid groups (broad SMARTS) is 1. The fourth-order valence-electron chi connectivity index (χ4n) is 1.61. The standard InChI is InChI=1S/C12H14N4O3/c1-7-8(2)14-10-4-3-9(13-6-5-11(17)18)15-16(10)12(7)19/h3-4H,5-6H2,1-2H3,(H,13,15)(H,17,18). The summed E-state index contributed by atoms with van der Waals surface area (Å²) in [5.74, 6) is -0.445. The molecule has 2 aromatic rings. The fourth-order valence-corrected chi connectivity index (χ4v) is 1.61. The van der Waals surface area contributed by atoms with E-state index in [2.05, 4.69) is 15.4 Å². The van der Waals surface area contributed by atoms with Crippen LogP contribution in [0.1, 0.15) is 17.7 Å². The summed E-state index contributed by atoms with van der Waals surface area (Å²) in [5.41, 5.74) is 1.48. The lowest BCUT2D eigenvalue weighted by atomic mass is 10.3. The van der Waals surface area contributed by atoms with Crippen molar-refractivity contribution in [1.29, 1.82) is 0 Å². The summed E-state index contributed by atoms with van der Waals surface area (Å²) >= 11 is 0. The first-order valence-electron chi connectivity index (χ1n) is 5.82. The molecular weight excluding hydrogens is 248 g/mol. The molecule has 2 N–H and O–H groups in total. The molecular formula is C12H14N4O3. The summed E-state index contributed by atoms with van der Waals surface area (Å²) < 4.78 is 1.21. The minimum absolute atomic E-state index is 0.0141. The van der Waals surface area contributed by atoms with Gasteiger partial charge < -0.3 is 10.4 Å². The normalized spacial score (nSPS) is 10.6. The zero-order chi connectivity index (χ0) is 14.0. The molecule has 0 atom stereocenters. The number of aromatic nitrogens is 3. The first-order chi connectivity index (χ1) is 8.99. The number of hydrogen-bond acceptors (Lipinski definition) is 5. The maximum Gasteiger partial charge on any atom is 0.305 e. The van der Waals surface area contributed by atoms with Gasteiger partial charge in [0.2, 0.25) is 0 Å². The maximum absolute atomic E-state index is 12.0. The highest BCUT2D eigenvalue weighted by Gasteiger charge is 2.07. The Balaban J connectivity index is 2.35. The molecule has 0 bridgehead atoms. The van der Waals surface area contributed by atoms with Gasteiger partial charge in [-0.25, -0.2) is 4.98 Å². The highest BCUT2D eigenvalue weighted by atomic mass is 16.4. The number of carboxylic acids is 1. The number of nitrogens with zero attached hydrogens (tertiary/aromatic N) is 3. The summed E-state index contributed by atoms with van der Waals surface area (Å²) in [4.78, 5) is 26.7. The summed E-state index contributed by atoms with van der Waals surface area (Å²) in [6.07, 6.45) is -0.0141. The number of aliphatic carboxylic acids is 1. The first kappa shape index (κ1) is 13.0. The molecule has 19 heavy (non-hydrogen) atoms. The highest BCUT2D eigenvalue weighted by molar-refractivity contribution is 5.67. The van der Waals surface area contributed by atoms with Crippen LogP contribution < -0.4 is 10.9 Å². The van der Waals surface area contributed by atoms with Crippen LogP contribution in [0.15, 0.2) is 16.9 Å². The van der Waals surface area contributed by atoms with Gasteiger partial charge in [0.05, 0.1) is 6.42 Å². The third kappa shape index (κ3) is 2.70. The van der Waals surface area contributed by atoms with Crippen molar-refractivity contribution in [1.82, 2.24) is 14.6 Å². The lowest BCUT2D eigenvalue weighted by Gasteiger charge is -2.07. The van der Waals surface area contributed by atoms with E-state index in [-0.39, 0.29) is 18.5 Å². The van der Waals surface area contributed by atoms with E-state index in [9.17, 15) is 9.59 Å². The predicted octanol–water partition coefficient (Wildman–Crippen LogP) is 0.593. The van der Waals surface area contributed by atoms with Crippen LogP contribution in [0.25, 0.3) is 5.65 Å². The van der Waals surface area contributed by atoms with Crippen LogP contribution in [-0.2, 0) is 4.79 Å². The van der Waals surface area contributed by atoms with Crippen molar-refractivity contribution >= 4 is 17.4 Å². The molecule has 0 fully saturated rings. The molecule has 7 nitrogen and oxygen atoms in total. The molecule has 2 rings (SSSR count). The molecule has 0 aliphatic carbocycles. The van der Waals surface area contributed by atoms with Gasteiger partial charge in [-0.1, -0.05) is 0 Å². The summed E-state index contributed by atoms with van der Waals surface area (Å²) in [6, 6.07) is 3.34. The first-order valence-corrected chi connectivity index (χ1v) is 5.82. The van der Waals surface area contributed by atoms with Crippen LogP contribution in [0.3, 0.4) is 0 Å². The van der Waals surface area contributed by atoms with E-state index in [1.54, 1.807) is 26.0 Å². The Labute approximate surface area is 108 Å². The molecule has 2 aromatic heterocycles. The topological polar surface area (TPSA) is 96.6 Å². The fraction of sp³-hybridized carbons (Fsp3) is 0.333. The van der Waals surface area contributed by atoms with Crippen molar-refractivity contribution in [3.05, 3.63) is 33.7 Å². The summed E-state index contributed by atoms with van der Waals surface area (Å²) in [7, 11) is 0. The van der Waals surface area contributed by atoms with Crippen molar-refractivity contribution in [3.63, 3.8) is 0 Å². The molecule has 0 aliphatic rings. The predicted molar refractivity (Wildman–Crippen MR) is 69.5 cm³/mol. The van der Waals surface area contributed by atoms with E-state index in [1.165, 1.54) is 4.52 Å². The number of nitrogens with one attached hydrogen (secondary N) is 1. The lowest BCUT2D eigenvalue weighted by Crippen LogP contribution is -2.22. The minimum atomic E-state index is -0.890. The Hall–Kier alpha value is -2.44. The van der Waals surface area contributed by atoms with Crippen molar-refractivity contribution in [2.24, 2.45) is 0 Å². The van der Waals surface area contributed by atoms with Crippen molar-refractivity contribution < 1.29 is 9.90 Å². The summed E-state index contributed by atoms with van der Waals surface area (Å²) in [5, 5.41) is 15.5. The van der Waals surface area contributed by atoms with Crippen LogP contribution in [0, 0.1) is 13.8 Å². The Morgan fingerprint density at radius 2 is 2.16 bits per heavy atom. The quantitative estimate of drug-likeness (QED) is 0.837. The number of rotatable bonds is 4. The highest BCUT2D eigenvalue weighted by Crippen LogP contribution is 2.06. The van der Waals surface area contributed by atoms with Gasteiger partial charge in [-0.15, -0.1) is 5.10 Å². The van der Waals surface area contributed by atoms with E-state index in [0.29, 0.717) is 22.7 Å². The van der Waals surface area contributed by atoms with Gasteiger partial charge in [-0.05, 0) is 26.0 Å². The van der Waals surface area contributed by atoms with Crippen LogP contribution in [0.2, 0.25) is 0 Å². The van der Waals surface area contributed by atoms with Crippen molar-refractivity contribution in [2.75, 3.05) is 11.9 Å². The van der Waals surface area contributed by atoms with Gasteiger partial charge >= 0.3 is 5.97 Å². The number of anilines is 1. The van der Waals surface area contributed by atoms with Crippen LogP contribution in [0.4, 0.5) is 5.82 Å². The molecule has 0 amide bonds. The zero-order valence-corrected chi connectivity index (χ0v) is 10.7. The lowest BCUT2D eigenvalue weighted by molar-refractivity contribution is -0.136. The Morgan fingerprint density at radius 1 is 1.42 bits per heavy atom. The zero-order valence-electron chi connectivity index (χ0n) is 10.7. The number of fused-ring (bicyclic) bond motifs is 1.